The van der Waals surface area contributed by atoms with E-state index in [1.165, 1.54) is 6.92 Å². The second-order valence-corrected chi connectivity index (χ2v) is 4.96. The molecule has 2 heterocycles. The molecule has 7 nitrogen and oxygen atoms in total. The number of aromatic nitrogens is 2. The van der Waals surface area contributed by atoms with E-state index in [0.717, 1.165) is 0 Å². The van der Waals surface area contributed by atoms with Crippen LogP contribution in [0.4, 0.5) is 8.78 Å². The largest absolute Gasteiger partial charge is 0.391 e. The number of alkyl halides is 1. The first kappa shape index (κ1) is 16.6. The molecular formula is C12H11ClF2N2O5. The standard InChI is InChI=1S/C12H11ClF2N2O5/c1-5(18)7-8(19)12(15,2-3-13)10(22-7)17-4-6(14)9(20)16-11(17)21/h4-5,7-8,10,18-19H,1H3,(H,16,20,21)/t5-,7+,8?,10+,12?/m0/s1. The van der Waals surface area contributed by atoms with Gasteiger partial charge in [-0.05, 0) is 24.4 Å². The predicted octanol–water partition coefficient (Wildman–Crippen LogP) is -0.777. The maximum Gasteiger partial charge on any atom is 0.330 e. The molecule has 1 saturated heterocycles. The summed E-state index contributed by atoms with van der Waals surface area (Å²) >= 11 is 5.16. The molecule has 0 aromatic carbocycles. The Bertz CT molecular complexity index is 752. The van der Waals surface area contributed by atoms with Crippen LogP contribution in [0.5, 0.6) is 0 Å². The highest BCUT2D eigenvalue weighted by atomic mass is 35.5. The minimum Gasteiger partial charge on any atom is -0.391 e. The summed E-state index contributed by atoms with van der Waals surface area (Å²) < 4.78 is 33.8. The maximum absolute atomic E-state index is 15.0. The lowest BCUT2D eigenvalue weighted by molar-refractivity contribution is -0.0805. The van der Waals surface area contributed by atoms with Gasteiger partial charge in [0.2, 0.25) is 11.5 Å². The van der Waals surface area contributed by atoms with Crippen molar-refractivity contribution < 1.29 is 23.7 Å². The van der Waals surface area contributed by atoms with E-state index < -0.39 is 47.3 Å². The molecule has 120 valence electrons. The summed E-state index contributed by atoms with van der Waals surface area (Å²) in [7, 11) is 0. The van der Waals surface area contributed by atoms with E-state index in [2.05, 4.69) is 0 Å². The smallest absolute Gasteiger partial charge is 0.330 e. The number of H-pyrrole nitrogens is 1. The van der Waals surface area contributed by atoms with Gasteiger partial charge in [0.25, 0.3) is 5.56 Å². The van der Waals surface area contributed by atoms with Crippen molar-refractivity contribution in [1.29, 1.82) is 0 Å². The maximum atomic E-state index is 15.0. The number of halogens is 3. The van der Waals surface area contributed by atoms with Crippen molar-refractivity contribution in [1.82, 2.24) is 9.55 Å². The van der Waals surface area contributed by atoms with Crippen LogP contribution in [0.2, 0.25) is 0 Å². The molecule has 1 aromatic rings. The molecule has 1 aliphatic rings. The number of hydrogen-bond acceptors (Lipinski definition) is 5. The molecule has 1 fully saturated rings. The zero-order chi connectivity index (χ0) is 16.7. The zero-order valence-electron chi connectivity index (χ0n) is 11.1. The first-order valence-corrected chi connectivity index (χ1v) is 6.44. The second-order valence-electron chi connectivity index (χ2n) is 4.77. The van der Waals surface area contributed by atoms with Gasteiger partial charge in [-0.2, -0.15) is 4.39 Å². The fraction of sp³-hybridized carbons (Fsp3) is 0.500. The van der Waals surface area contributed by atoms with Gasteiger partial charge in [0.05, 0.1) is 12.3 Å². The Hall–Kier alpha value is -1.73. The Balaban J connectivity index is 2.61. The molecule has 5 atom stereocenters. The highest BCUT2D eigenvalue weighted by Gasteiger charge is 2.59. The van der Waals surface area contributed by atoms with Gasteiger partial charge in [0, 0.05) is 5.38 Å². The van der Waals surface area contributed by atoms with Gasteiger partial charge in [0.1, 0.15) is 12.2 Å². The Morgan fingerprint density at radius 2 is 2.23 bits per heavy atom. The molecule has 0 bridgehead atoms. The molecule has 2 unspecified atom stereocenters. The van der Waals surface area contributed by atoms with Crippen molar-refractivity contribution in [2.24, 2.45) is 0 Å². The normalized spacial score (nSPS) is 32.4. The van der Waals surface area contributed by atoms with Crippen LogP contribution < -0.4 is 11.2 Å². The average Bonchev–Trinajstić information content (AvgIpc) is 2.68. The molecular weight excluding hydrogens is 326 g/mol. The quantitative estimate of drug-likeness (QED) is 0.615. The summed E-state index contributed by atoms with van der Waals surface area (Å²) in [4.78, 5) is 24.4. The minimum atomic E-state index is -2.89. The van der Waals surface area contributed by atoms with Crippen molar-refractivity contribution in [2.45, 2.75) is 37.1 Å². The van der Waals surface area contributed by atoms with E-state index in [1.54, 1.807) is 10.4 Å². The van der Waals surface area contributed by atoms with Gasteiger partial charge in [-0.3, -0.25) is 14.3 Å². The van der Waals surface area contributed by atoms with Crippen LogP contribution in [-0.2, 0) is 4.74 Å². The van der Waals surface area contributed by atoms with Gasteiger partial charge in [0.15, 0.2) is 6.23 Å². The van der Waals surface area contributed by atoms with Crippen LogP contribution in [0.3, 0.4) is 0 Å². The molecule has 0 aliphatic carbocycles. The van der Waals surface area contributed by atoms with Crippen molar-refractivity contribution in [2.75, 3.05) is 0 Å². The van der Waals surface area contributed by atoms with E-state index in [-0.39, 0.29) is 0 Å². The zero-order valence-corrected chi connectivity index (χ0v) is 11.8. The van der Waals surface area contributed by atoms with Gasteiger partial charge in [-0.15, -0.1) is 0 Å². The molecule has 1 aliphatic heterocycles. The van der Waals surface area contributed by atoms with E-state index in [9.17, 15) is 28.6 Å². The van der Waals surface area contributed by atoms with Crippen LogP contribution in [0.15, 0.2) is 15.8 Å². The van der Waals surface area contributed by atoms with Crippen LogP contribution >= 0.6 is 11.6 Å². The van der Waals surface area contributed by atoms with E-state index in [4.69, 9.17) is 16.3 Å². The van der Waals surface area contributed by atoms with Crippen LogP contribution in [0, 0.1) is 17.1 Å². The van der Waals surface area contributed by atoms with Crippen molar-refractivity contribution in [3.8, 4) is 11.3 Å². The summed E-state index contributed by atoms with van der Waals surface area (Å²) in [6.45, 7) is 1.22. The minimum absolute atomic E-state index is 0.392. The number of nitrogens with zero attached hydrogens (tertiary/aromatic N) is 1. The molecule has 10 heteroatoms. The summed E-state index contributed by atoms with van der Waals surface area (Å²) in [6.07, 6.45) is -6.18. The first-order chi connectivity index (χ1) is 10.2. The number of nitrogens with one attached hydrogen (secondary N) is 1. The Labute approximate surface area is 127 Å². The highest BCUT2D eigenvalue weighted by molar-refractivity contribution is 6.30. The third kappa shape index (κ3) is 2.55. The highest BCUT2D eigenvalue weighted by Crippen LogP contribution is 2.41. The summed E-state index contributed by atoms with van der Waals surface area (Å²) in [5.74, 6) is 0.492. The first-order valence-electron chi connectivity index (χ1n) is 6.06. The van der Waals surface area contributed by atoms with Crippen molar-refractivity contribution in [3.05, 3.63) is 32.9 Å². The van der Waals surface area contributed by atoms with Crippen LogP contribution in [0.1, 0.15) is 13.2 Å². The molecule has 0 saturated carbocycles. The summed E-state index contributed by atoms with van der Waals surface area (Å²) in [6, 6.07) is 0. The molecule has 0 radical (unpaired) electrons. The second kappa shape index (κ2) is 5.81. The van der Waals surface area contributed by atoms with Crippen molar-refractivity contribution in [3.63, 3.8) is 0 Å². The summed E-state index contributed by atoms with van der Waals surface area (Å²) in [5, 5.41) is 21.2. The molecule has 0 spiro atoms. The average molecular weight is 337 g/mol. The fourth-order valence-electron chi connectivity index (χ4n) is 2.20. The number of aliphatic hydroxyl groups excluding tert-OH is 2. The van der Waals surface area contributed by atoms with Gasteiger partial charge in [-0.25, -0.2) is 9.18 Å². The number of aliphatic hydroxyl groups is 2. The van der Waals surface area contributed by atoms with E-state index >= 15 is 0 Å². The monoisotopic (exact) mass is 336 g/mol. The molecule has 2 rings (SSSR count). The third-order valence-corrected chi connectivity index (χ3v) is 3.37. The van der Waals surface area contributed by atoms with E-state index in [1.807, 2.05) is 5.92 Å². The lowest BCUT2D eigenvalue weighted by Gasteiger charge is -2.23. The predicted molar refractivity (Wildman–Crippen MR) is 70.3 cm³/mol. The van der Waals surface area contributed by atoms with Gasteiger partial charge < -0.3 is 14.9 Å². The number of hydrogen-bond donors (Lipinski definition) is 3. The fourth-order valence-corrected chi connectivity index (χ4v) is 2.34. The molecule has 0 amide bonds. The number of rotatable bonds is 2. The molecule has 22 heavy (non-hydrogen) atoms. The SMILES string of the molecule is C[C@H](O)[C@H]1O[C@@H](n2cc(F)c(=O)[nH]c2=O)C(F)(C#CCl)C1O. The lowest BCUT2D eigenvalue weighted by atomic mass is 9.95. The van der Waals surface area contributed by atoms with E-state index in [0.29, 0.717) is 10.8 Å². The topological polar surface area (TPSA) is 105 Å². The van der Waals surface area contributed by atoms with Gasteiger partial charge in [-0.1, -0.05) is 0 Å². The Kier molecular flexibility index (Phi) is 4.39. The third-order valence-electron chi connectivity index (χ3n) is 3.28. The lowest BCUT2D eigenvalue weighted by Crippen LogP contribution is -2.46. The molecule has 3 N–H and O–H groups in total. The Morgan fingerprint density at radius 1 is 1.59 bits per heavy atom. The number of aromatic amines is 1. The Morgan fingerprint density at radius 3 is 2.77 bits per heavy atom. The molecule has 1 aromatic heterocycles. The van der Waals surface area contributed by atoms with Crippen LogP contribution in [-0.4, -0.2) is 43.7 Å². The van der Waals surface area contributed by atoms with Crippen molar-refractivity contribution >= 4 is 11.6 Å². The van der Waals surface area contributed by atoms with Crippen LogP contribution in [0.25, 0.3) is 0 Å². The number of ether oxygens (including phenoxy) is 1. The summed E-state index contributed by atoms with van der Waals surface area (Å²) in [5.41, 5.74) is -5.36. The van der Waals surface area contributed by atoms with Gasteiger partial charge >= 0.3 is 5.69 Å².